The third kappa shape index (κ3) is 5.64. The number of ether oxygens (including phenoxy) is 1. The molecule has 1 N–H and O–H groups in total. The van der Waals surface area contributed by atoms with E-state index < -0.39 is 15.9 Å². The fourth-order valence-corrected chi connectivity index (χ4v) is 4.26. The molecule has 0 atom stereocenters. The number of sulfonamides is 1. The Labute approximate surface area is 187 Å². The van der Waals surface area contributed by atoms with Gasteiger partial charge in [-0.15, -0.1) is 0 Å². The average molecular weight is 459 g/mol. The van der Waals surface area contributed by atoms with E-state index in [0.717, 1.165) is 5.56 Å². The quantitative estimate of drug-likeness (QED) is 0.525. The molecule has 0 radical (unpaired) electrons. The van der Waals surface area contributed by atoms with Gasteiger partial charge < -0.3 is 10.1 Å². The van der Waals surface area contributed by atoms with Crippen LogP contribution in [-0.4, -0.2) is 32.3 Å². The number of nitrogens with one attached hydrogen (secondary N) is 1. The summed E-state index contributed by atoms with van der Waals surface area (Å²) in [6, 6.07) is 20.1. The van der Waals surface area contributed by atoms with Crippen molar-refractivity contribution in [2.75, 3.05) is 19.0 Å². The Kier molecular flexibility index (Phi) is 7.33. The maximum Gasteiger partial charge on any atom is 0.255 e. The SMILES string of the molecule is CCOc1ccc(S(=O)(=O)N(C)Cc2ccccc2)cc1NC(=O)c1ccc(Cl)cc1. The molecule has 6 nitrogen and oxygen atoms in total. The summed E-state index contributed by atoms with van der Waals surface area (Å²) in [5, 5.41) is 3.26. The van der Waals surface area contributed by atoms with Gasteiger partial charge in [-0.05, 0) is 55.0 Å². The van der Waals surface area contributed by atoms with E-state index >= 15 is 0 Å². The fourth-order valence-electron chi connectivity index (χ4n) is 2.95. The van der Waals surface area contributed by atoms with Crippen LogP contribution in [0.2, 0.25) is 5.02 Å². The molecule has 1 amide bonds. The summed E-state index contributed by atoms with van der Waals surface area (Å²) in [4.78, 5) is 12.7. The van der Waals surface area contributed by atoms with Crippen molar-refractivity contribution in [3.05, 3.63) is 88.9 Å². The number of anilines is 1. The van der Waals surface area contributed by atoms with Gasteiger partial charge in [0.2, 0.25) is 10.0 Å². The Hall–Kier alpha value is -2.87. The maximum atomic E-state index is 13.1. The summed E-state index contributed by atoms with van der Waals surface area (Å²) in [6.45, 7) is 2.40. The summed E-state index contributed by atoms with van der Waals surface area (Å²) >= 11 is 5.88. The number of amides is 1. The second kappa shape index (κ2) is 9.96. The van der Waals surface area contributed by atoms with Gasteiger partial charge in [0.1, 0.15) is 5.75 Å². The average Bonchev–Trinajstić information content (AvgIpc) is 2.76. The Bertz CT molecular complexity index is 1150. The van der Waals surface area contributed by atoms with Crippen molar-refractivity contribution < 1.29 is 17.9 Å². The highest BCUT2D eigenvalue weighted by atomic mass is 35.5. The molecule has 0 aliphatic rings. The molecule has 0 bridgehead atoms. The minimum Gasteiger partial charge on any atom is -0.492 e. The van der Waals surface area contributed by atoms with Gasteiger partial charge in [-0.2, -0.15) is 4.31 Å². The molecule has 3 aromatic rings. The Morgan fingerprint density at radius 1 is 1.03 bits per heavy atom. The zero-order chi connectivity index (χ0) is 22.4. The Balaban J connectivity index is 1.89. The number of nitrogens with zero attached hydrogens (tertiary/aromatic N) is 1. The Morgan fingerprint density at radius 2 is 1.71 bits per heavy atom. The van der Waals surface area contributed by atoms with Gasteiger partial charge >= 0.3 is 0 Å². The van der Waals surface area contributed by atoms with Crippen molar-refractivity contribution in [2.24, 2.45) is 0 Å². The molecule has 0 fully saturated rings. The molecule has 162 valence electrons. The third-order valence-electron chi connectivity index (χ3n) is 4.56. The van der Waals surface area contributed by atoms with Gasteiger partial charge in [0.15, 0.2) is 0 Å². The van der Waals surface area contributed by atoms with Crippen LogP contribution in [0.4, 0.5) is 5.69 Å². The number of halogens is 1. The topological polar surface area (TPSA) is 75.7 Å². The summed E-state index contributed by atoms with van der Waals surface area (Å²) < 4.78 is 33.1. The molecule has 0 heterocycles. The minimum atomic E-state index is -3.79. The maximum absolute atomic E-state index is 13.1. The highest BCUT2D eigenvalue weighted by Crippen LogP contribution is 2.30. The second-order valence-electron chi connectivity index (χ2n) is 6.80. The molecule has 3 aromatic carbocycles. The molecule has 0 aromatic heterocycles. The standard InChI is InChI=1S/C23H23ClN2O4S/c1-3-30-22-14-13-20(31(28,29)26(2)16-17-7-5-4-6-8-17)15-21(22)25-23(27)18-9-11-19(24)12-10-18/h4-15H,3,16H2,1-2H3,(H,25,27). The molecule has 0 saturated heterocycles. The molecule has 0 aliphatic carbocycles. The van der Waals surface area contributed by atoms with Gasteiger partial charge in [0, 0.05) is 24.2 Å². The molecule has 31 heavy (non-hydrogen) atoms. The zero-order valence-corrected chi connectivity index (χ0v) is 18.8. The second-order valence-corrected chi connectivity index (χ2v) is 9.28. The lowest BCUT2D eigenvalue weighted by atomic mass is 10.2. The first-order valence-electron chi connectivity index (χ1n) is 9.65. The van der Waals surface area contributed by atoms with Crippen LogP contribution < -0.4 is 10.1 Å². The van der Waals surface area contributed by atoms with E-state index in [1.807, 2.05) is 37.3 Å². The van der Waals surface area contributed by atoms with Crippen LogP contribution >= 0.6 is 11.6 Å². The summed E-state index contributed by atoms with van der Waals surface area (Å²) in [6.07, 6.45) is 0. The molecule has 0 saturated carbocycles. The van der Waals surface area contributed by atoms with Gasteiger partial charge in [-0.3, -0.25) is 4.79 Å². The lowest BCUT2D eigenvalue weighted by molar-refractivity contribution is 0.102. The van der Waals surface area contributed by atoms with Crippen LogP contribution in [0.3, 0.4) is 0 Å². The first-order chi connectivity index (χ1) is 14.8. The van der Waals surface area contributed by atoms with E-state index in [9.17, 15) is 13.2 Å². The number of benzene rings is 3. The van der Waals surface area contributed by atoms with Crippen LogP contribution in [0.15, 0.2) is 77.7 Å². The van der Waals surface area contributed by atoms with E-state index in [1.54, 1.807) is 30.3 Å². The predicted octanol–water partition coefficient (Wildman–Crippen LogP) is 4.81. The molecule has 8 heteroatoms. The van der Waals surface area contributed by atoms with Crippen molar-refractivity contribution in [3.8, 4) is 5.75 Å². The summed E-state index contributed by atoms with van der Waals surface area (Å²) in [5.74, 6) is -0.0146. The molecular formula is C23H23ClN2O4S. The van der Waals surface area contributed by atoms with Crippen molar-refractivity contribution in [2.45, 2.75) is 18.4 Å². The molecule has 0 aliphatic heterocycles. The monoisotopic (exact) mass is 458 g/mol. The van der Waals surface area contributed by atoms with Crippen LogP contribution in [0, 0.1) is 0 Å². The predicted molar refractivity (Wildman–Crippen MR) is 122 cm³/mol. The zero-order valence-electron chi connectivity index (χ0n) is 17.2. The van der Waals surface area contributed by atoms with Crippen LogP contribution in [-0.2, 0) is 16.6 Å². The minimum absolute atomic E-state index is 0.0563. The highest BCUT2D eigenvalue weighted by Gasteiger charge is 2.23. The van der Waals surface area contributed by atoms with Gasteiger partial charge in [0.05, 0.1) is 17.2 Å². The lowest BCUT2D eigenvalue weighted by Gasteiger charge is -2.19. The van der Waals surface area contributed by atoms with Crippen molar-refractivity contribution in [1.82, 2.24) is 4.31 Å². The van der Waals surface area contributed by atoms with E-state index in [-0.39, 0.29) is 17.1 Å². The van der Waals surface area contributed by atoms with Crippen molar-refractivity contribution in [3.63, 3.8) is 0 Å². The van der Waals surface area contributed by atoms with Gasteiger partial charge in [-0.1, -0.05) is 41.9 Å². The van der Waals surface area contributed by atoms with Gasteiger partial charge in [-0.25, -0.2) is 8.42 Å². The van der Waals surface area contributed by atoms with Gasteiger partial charge in [0.25, 0.3) is 5.91 Å². The normalized spacial score (nSPS) is 11.4. The first-order valence-corrected chi connectivity index (χ1v) is 11.5. The summed E-state index contributed by atoms with van der Waals surface area (Å²) in [5.41, 5.74) is 1.54. The third-order valence-corrected chi connectivity index (χ3v) is 6.61. The van der Waals surface area contributed by atoms with Crippen LogP contribution in [0.5, 0.6) is 5.75 Å². The van der Waals surface area contributed by atoms with E-state index in [2.05, 4.69) is 5.32 Å². The fraction of sp³-hybridized carbons (Fsp3) is 0.174. The number of rotatable bonds is 8. The molecular weight excluding hydrogens is 436 g/mol. The number of carbonyl (C=O) groups excluding carboxylic acids is 1. The van der Waals surface area contributed by atoms with Crippen molar-refractivity contribution in [1.29, 1.82) is 0 Å². The highest BCUT2D eigenvalue weighted by molar-refractivity contribution is 7.89. The number of carbonyl (C=O) groups is 1. The number of hydrogen-bond acceptors (Lipinski definition) is 4. The van der Waals surface area contributed by atoms with Crippen LogP contribution in [0.1, 0.15) is 22.8 Å². The largest absolute Gasteiger partial charge is 0.492 e. The molecule has 3 rings (SSSR count). The molecule has 0 unspecified atom stereocenters. The Morgan fingerprint density at radius 3 is 2.35 bits per heavy atom. The van der Waals surface area contributed by atoms with E-state index in [0.29, 0.717) is 22.9 Å². The summed E-state index contributed by atoms with van der Waals surface area (Å²) in [7, 11) is -2.27. The smallest absolute Gasteiger partial charge is 0.255 e. The number of hydrogen-bond donors (Lipinski definition) is 1. The molecule has 0 spiro atoms. The van der Waals surface area contributed by atoms with E-state index in [4.69, 9.17) is 16.3 Å². The lowest BCUT2D eigenvalue weighted by Crippen LogP contribution is -2.26. The van der Waals surface area contributed by atoms with Crippen molar-refractivity contribution >= 4 is 33.2 Å². The van der Waals surface area contributed by atoms with Crippen LogP contribution in [0.25, 0.3) is 0 Å². The first kappa shape index (κ1) is 22.8. The van der Waals surface area contributed by atoms with E-state index in [1.165, 1.54) is 23.5 Å².